The van der Waals surface area contributed by atoms with E-state index < -0.39 is 22.1 Å². The van der Waals surface area contributed by atoms with Crippen LogP contribution in [-0.2, 0) is 15.0 Å². The number of aliphatic carboxylic acids is 1. The standard InChI is InChI=1S/C12H24N2O4S/c1-4-10(2)8-13(3)19(17,18)14-7-5-6-11(9-14)12(15)16/h10-11H,4-9H2,1-3H3,(H,15,16). The van der Waals surface area contributed by atoms with Crippen LogP contribution in [0.2, 0.25) is 0 Å². The van der Waals surface area contributed by atoms with Crippen molar-refractivity contribution in [2.75, 3.05) is 26.7 Å². The van der Waals surface area contributed by atoms with E-state index in [1.807, 2.05) is 13.8 Å². The van der Waals surface area contributed by atoms with Gasteiger partial charge in [-0.1, -0.05) is 20.3 Å². The molecule has 1 heterocycles. The monoisotopic (exact) mass is 292 g/mol. The van der Waals surface area contributed by atoms with E-state index in [4.69, 9.17) is 5.11 Å². The van der Waals surface area contributed by atoms with E-state index in [2.05, 4.69) is 0 Å². The van der Waals surface area contributed by atoms with Gasteiger partial charge < -0.3 is 5.11 Å². The number of piperidine rings is 1. The van der Waals surface area contributed by atoms with Crippen molar-refractivity contribution >= 4 is 16.2 Å². The largest absolute Gasteiger partial charge is 0.481 e. The van der Waals surface area contributed by atoms with Crippen LogP contribution >= 0.6 is 0 Å². The van der Waals surface area contributed by atoms with Crippen molar-refractivity contribution in [1.82, 2.24) is 8.61 Å². The molecule has 1 aliphatic rings. The molecule has 0 aliphatic carbocycles. The zero-order chi connectivity index (χ0) is 14.6. The van der Waals surface area contributed by atoms with Gasteiger partial charge in [0, 0.05) is 26.7 Å². The summed E-state index contributed by atoms with van der Waals surface area (Å²) >= 11 is 0. The summed E-state index contributed by atoms with van der Waals surface area (Å²) in [6.45, 7) is 4.99. The number of hydrogen-bond acceptors (Lipinski definition) is 3. The highest BCUT2D eigenvalue weighted by Gasteiger charge is 2.34. The Morgan fingerprint density at radius 3 is 2.68 bits per heavy atom. The fourth-order valence-electron chi connectivity index (χ4n) is 2.21. The van der Waals surface area contributed by atoms with Gasteiger partial charge in [-0.2, -0.15) is 17.0 Å². The molecule has 0 aromatic rings. The van der Waals surface area contributed by atoms with E-state index in [1.165, 1.54) is 8.61 Å². The van der Waals surface area contributed by atoms with Crippen molar-refractivity contribution < 1.29 is 18.3 Å². The van der Waals surface area contributed by atoms with Crippen LogP contribution in [0.15, 0.2) is 0 Å². The number of carboxylic acids is 1. The molecule has 0 aromatic carbocycles. The predicted molar refractivity (Wildman–Crippen MR) is 72.9 cm³/mol. The van der Waals surface area contributed by atoms with Gasteiger partial charge in [-0.15, -0.1) is 0 Å². The fraction of sp³-hybridized carbons (Fsp3) is 0.917. The van der Waals surface area contributed by atoms with Crippen LogP contribution in [0.4, 0.5) is 0 Å². The molecule has 1 rings (SSSR count). The highest BCUT2D eigenvalue weighted by Crippen LogP contribution is 2.21. The normalized spacial score (nSPS) is 23.5. The molecule has 2 unspecified atom stereocenters. The summed E-state index contributed by atoms with van der Waals surface area (Å²) in [5.74, 6) is -1.20. The topological polar surface area (TPSA) is 77.9 Å². The van der Waals surface area contributed by atoms with Gasteiger partial charge in [-0.3, -0.25) is 4.79 Å². The summed E-state index contributed by atoms with van der Waals surface area (Å²) in [7, 11) is -1.97. The third kappa shape index (κ3) is 4.15. The first-order valence-corrected chi connectivity index (χ1v) is 8.13. The quantitative estimate of drug-likeness (QED) is 0.792. The van der Waals surface area contributed by atoms with Crippen molar-refractivity contribution in [3.63, 3.8) is 0 Å². The lowest BCUT2D eigenvalue weighted by Gasteiger charge is -2.33. The lowest BCUT2D eigenvalue weighted by Crippen LogP contribution is -2.48. The third-order valence-corrected chi connectivity index (χ3v) is 5.64. The van der Waals surface area contributed by atoms with Gasteiger partial charge >= 0.3 is 5.97 Å². The third-order valence-electron chi connectivity index (χ3n) is 3.72. The van der Waals surface area contributed by atoms with Crippen molar-refractivity contribution in [2.24, 2.45) is 11.8 Å². The Hall–Kier alpha value is -0.660. The molecule has 1 aliphatic heterocycles. The Bertz CT molecular complexity index is 410. The van der Waals surface area contributed by atoms with Crippen LogP contribution in [0.1, 0.15) is 33.1 Å². The first kappa shape index (κ1) is 16.4. The molecule has 112 valence electrons. The maximum absolute atomic E-state index is 12.4. The molecule has 0 amide bonds. The van der Waals surface area contributed by atoms with Crippen molar-refractivity contribution in [3.05, 3.63) is 0 Å². The predicted octanol–water partition coefficient (Wildman–Crippen LogP) is 1.01. The number of carbonyl (C=O) groups is 1. The van der Waals surface area contributed by atoms with E-state index in [0.29, 0.717) is 31.8 Å². The number of carboxylic acid groups (broad SMARTS) is 1. The molecule has 0 bridgehead atoms. The average Bonchev–Trinajstić information content (AvgIpc) is 2.38. The fourth-order valence-corrected chi connectivity index (χ4v) is 3.78. The smallest absolute Gasteiger partial charge is 0.307 e. The molecular formula is C12H24N2O4S. The molecule has 1 fully saturated rings. The van der Waals surface area contributed by atoms with E-state index in [1.54, 1.807) is 7.05 Å². The van der Waals surface area contributed by atoms with Crippen LogP contribution < -0.4 is 0 Å². The lowest BCUT2D eigenvalue weighted by atomic mass is 10.0. The first-order valence-electron chi connectivity index (χ1n) is 6.73. The van der Waals surface area contributed by atoms with E-state index in [9.17, 15) is 13.2 Å². The van der Waals surface area contributed by atoms with Gasteiger partial charge in [-0.05, 0) is 18.8 Å². The maximum atomic E-state index is 12.4. The van der Waals surface area contributed by atoms with Crippen LogP contribution in [0, 0.1) is 11.8 Å². The summed E-state index contributed by atoms with van der Waals surface area (Å²) in [5.41, 5.74) is 0. The molecule has 2 atom stereocenters. The number of nitrogens with zero attached hydrogens (tertiary/aromatic N) is 2. The summed E-state index contributed by atoms with van der Waals surface area (Å²) in [6.07, 6.45) is 2.07. The molecule has 0 radical (unpaired) electrons. The molecule has 0 aromatic heterocycles. The molecule has 0 saturated carbocycles. The molecule has 1 N–H and O–H groups in total. The first-order chi connectivity index (χ1) is 8.78. The minimum absolute atomic E-state index is 0.0858. The summed E-state index contributed by atoms with van der Waals surface area (Å²) in [5, 5.41) is 9.01. The van der Waals surface area contributed by atoms with Crippen molar-refractivity contribution in [3.8, 4) is 0 Å². The summed E-state index contributed by atoms with van der Waals surface area (Å²) < 4.78 is 27.4. The van der Waals surface area contributed by atoms with Crippen LogP contribution in [-0.4, -0.2) is 54.8 Å². The lowest BCUT2D eigenvalue weighted by molar-refractivity contribution is -0.142. The van der Waals surface area contributed by atoms with E-state index in [0.717, 1.165) is 6.42 Å². The van der Waals surface area contributed by atoms with E-state index >= 15 is 0 Å². The Morgan fingerprint density at radius 2 is 2.16 bits per heavy atom. The molecule has 6 nitrogen and oxygen atoms in total. The summed E-state index contributed by atoms with van der Waals surface area (Å²) in [4.78, 5) is 11.0. The minimum Gasteiger partial charge on any atom is -0.481 e. The van der Waals surface area contributed by atoms with E-state index in [-0.39, 0.29) is 6.54 Å². The average molecular weight is 292 g/mol. The zero-order valence-corrected chi connectivity index (χ0v) is 12.7. The molecule has 19 heavy (non-hydrogen) atoms. The minimum atomic E-state index is -3.53. The van der Waals surface area contributed by atoms with Crippen LogP contribution in [0.3, 0.4) is 0 Å². The highest BCUT2D eigenvalue weighted by molar-refractivity contribution is 7.86. The van der Waals surface area contributed by atoms with Gasteiger partial charge in [0.15, 0.2) is 0 Å². The second-order valence-electron chi connectivity index (χ2n) is 5.34. The van der Waals surface area contributed by atoms with Crippen molar-refractivity contribution in [1.29, 1.82) is 0 Å². The van der Waals surface area contributed by atoms with Gasteiger partial charge in [0.25, 0.3) is 10.2 Å². The number of rotatable bonds is 6. The van der Waals surface area contributed by atoms with Crippen LogP contribution in [0.25, 0.3) is 0 Å². The maximum Gasteiger partial charge on any atom is 0.307 e. The Labute approximate surface area is 115 Å². The number of hydrogen-bond donors (Lipinski definition) is 1. The SMILES string of the molecule is CCC(C)CN(C)S(=O)(=O)N1CCCC(C(=O)O)C1. The second-order valence-corrected chi connectivity index (χ2v) is 7.37. The highest BCUT2D eigenvalue weighted by atomic mass is 32.2. The van der Waals surface area contributed by atoms with Gasteiger partial charge in [-0.25, -0.2) is 0 Å². The molecule has 1 saturated heterocycles. The Morgan fingerprint density at radius 1 is 1.53 bits per heavy atom. The second kappa shape index (κ2) is 6.67. The van der Waals surface area contributed by atoms with Gasteiger partial charge in [0.1, 0.15) is 0 Å². The Balaban J connectivity index is 2.73. The molecule has 7 heteroatoms. The Kier molecular flexibility index (Phi) is 5.76. The zero-order valence-electron chi connectivity index (χ0n) is 11.9. The van der Waals surface area contributed by atoms with Crippen molar-refractivity contribution in [2.45, 2.75) is 33.1 Å². The van der Waals surface area contributed by atoms with Gasteiger partial charge in [0.05, 0.1) is 5.92 Å². The summed E-state index contributed by atoms with van der Waals surface area (Å²) in [6, 6.07) is 0. The molecule has 0 spiro atoms. The molecular weight excluding hydrogens is 268 g/mol. The van der Waals surface area contributed by atoms with Gasteiger partial charge in [0.2, 0.25) is 0 Å². The van der Waals surface area contributed by atoms with Crippen LogP contribution in [0.5, 0.6) is 0 Å².